The molecule has 1 unspecified atom stereocenters. The second-order valence-electron chi connectivity index (χ2n) is 4.50. The highest BCUT2D eigenvalue weighted by Gasteiger charge is 2.23. The van der Waals surface area contributed by atoms with Crippen molar-refractivity contribution in [2.45, 2.75) is 26.3 Å². The highest BCUT2D eigenvalue weighted by atomic mass is 16.6. The lowest BCUT2D eigenvalue weighted by atomic mass is 10.2. The van der Waals surface area contributed by atoms with E-state index < -0.39 is 4.92 Å². The number of likely N-dealkylation sites (N-methyl/N-ethyl adjacent to an activating group) is 1. The Labute approximate surface area is 118 Å². The predicted molar refractivity (Wildman–Crippen MR) is 76.1 cm³/mol. The van der Waals surface area contributed by atoms with Crippen LogP contribution in [-0.2, 0) is 0 Å². The lowest BCUT2D eigenvalue weighted by Gasteiger charge is -2.23. The van der Waals surface area contributed by atoms with E-state index in [0.29, 0.717) is 12.6 Å². The molecular formula is C12H21N5O3. The molecule has 0 aliphatic carbocycles. The predicted octanol–water partition coefficient (Wildman–Crippen LogP) is 1.54. The average Bonchev–Trinajstić information content (AvgIpc) is 2.45. The summed E-state index contributed by atoms with van der Waals surface area (Å²) in [6.45, 7) is 5.57. The van der Waals surface area contributed by atoms with Gasteiger partial charge in [-0.25, -0.2) is 4.98 Å². The Bertz CT molecular complexity index is 455. The number of hydrogen-bond acceptors (Lipinski definition) is 7. The number of ether oxygens (including phenoxy) is 1. The number of nitrogens with one attached hydrogen (secondary N) is 1. The van der Waals surface area contributed by atoms with Crippen LogP contribution in [0.3, 0.4) is 0 Å². The fourth-order valence-electron chi connectivity index (χ4n) is 1.69. The molecule has 0 aliphatic rings. The Morgan fingerprint density at radius 2 is 2.25 bits per heavy atom. The lowest BCUT2D eigenvalue weighted by Crippen LogP contribution is -2.32. The number of hydrogen-bond donors (Lipinski definition) is 1. The molecule has 20 heavy (non-hydrogen) atoms. The Hall–Kier alpha value is -1.96. The van der Waals surface area contributed by atoms with E-state index in [1.165, 1.54) is 13.4 Å². The van der Waals surface area contributed by atoms with Crippen molar-refractivity contribution in [3.8, 4) is 5.88 Å². The molecule has 0 bridgehead atoms. The summed E-state index contributed by atoms with van der Waals surface area (Å²) in [6.07, 6.45) is 2.30. The largest absolute Gasteiger partial charge is 0.476 e. The van der Waals surface area contributed by atoms with Crippen LogP contribution in [0.1, 0.15) is 20.3 Å². The maximum absolute atomic E-state index is 11.0. The Morgan fingerprint density at radius 1 is 1.55 bits per heavy atom. The molecule has 8 heteroatoms. The van der Waals surface area contributed by atoms with E-state index >= 15 is 0 Å². The first-order chi connectivity index (χ1) is 9.51. The summed E-state index contributed by atoms with van der Waals surface area (Å²) in [5, 5.41) is 14.0. The molecule has 1 heterocycles. The van der Waals surface area contributed by atoms with Gasteiger partial charge in [0.2, 0.25) is 5.82 Å². The van der Waals surface area contributed by atoms with Crippen molar-refractivity contribution < 1.29 is 9.66 Å². The summed E-state index contributed by atoms with van der Waals surface area (Å²) in [5.41, 5.74) is -0.235. The molecule has 112 valence electrons. The number of nitrogens with zero attached hydrogens (tertiary/aromatic N) is 4. The van der Waals surface area contributed by atoms with Crippen molar-refractivity contribution in [3.05, 3.63) is 16.4 Å². The zero-order chi connectivity index (χ0) is 15.1. The van der Waals surface area contributed by atoms with Gasteiger partial charge in [0.1, 0.15) is 6.33 Å². The summed E-state index contributed by atoms with van der Waals surface area (Å²) in [4.78, 5) is 20.3. The summed E-state index contributed by atoms with van der Waals surface area (Å²) in [6, 6.07) is 0.465. The van der Waals surface area contributed by atoms with Crippen molar-refractivity contribution in [1.29, 1.82) is 0 Å². The maximum atomic E-state index is 11.0. The van der Waals surface area contributed by atoms with Gasteiger partial charge >= 0.3 is 5.69 Å². The van der Waals surface area contributed by atoms with E-state index in [2.05, 4.69) is 34.0 Å². The van der Waals surface area contributed by atoms with Gasteiger partial charge in [-0.05, 0) is 20.4 Å². The first-order valence-electron chi connectivity index (χ1n) is 6.48. The van der Waals surface area contributed by atoms with Gasteiger partial charge in [-0.1, -0.05) is 6.92 Å². The number of nitro groups is 1. The summed E-state index contributed by atoms with van der Waals surface area (Å²) in [5.74, 6) is 0.141. The molecule has 0 amide bonds. The van der Waals surface area contributed by atoms with Crippen LogP contribution in [0, 0.1) is 10.1 Å². The smallest absolute Gasteiger partial charge is 0.372 e. The topological polar surface area (TPSA) is 93.4 Å². The molecular weight excluding hydrogens is 262 g/mol. The molecule has 0 aliphatic heterocycles. The van der Waals surface area contributed by atoms with Crippen molar-refractivity contribution in [2.24, 2.45) is 0 Å². The van der Waals surface area contributed by atoms with Gasteiger partial charge in [-0.2, -0.15) is 4.98 Å². The summed E-state index contributed by atoms with van der Waals surface area (Å²) < 4.78 is 4.89. The van der Waals surface area contributed by atoms with Gasteiger partial charge in [-0.3, -0.25) is 10.1 Å². The van der Waals surface area contributed by atoms with Gasteiger partial charge < -0.3 is 15.0 Å². The standard InChI is InChI=1S/C12H21N5O3/c1-5-9(2)16(3)7-6-13-11-10(17(18)19)12(20-4)15-8-14-11/h8-9H,5-7H2,1-4H3,(H,13,14,15). The van der Waals surface area contributed by atoms with Crippen LogP contribution < -0.4 is 10.1 Å². The first kappa shape index (κ1) is 16.1. The Balaban J connectivity index is 2.71. The molecule has 0 saturated carbocycles. The van der Waals surface area contributed by atoms with Crippen molar-refractivity contribution in [3.63, 3.8) is 0 Å². The highest BCUT2D eigenvalue weighted by molar-refractivity contribution is 5.60. The second kappa shape index (κ2) is 7.59. The quantitative estimate of drug-likeness (QED) is 0.571. The number of anilines is 1. The van der Waals surface area contributed by atoms with Gasteiger partial charge in [-0.15, -0.1) is 0 Å². The van der Waals surface area contributed by atoms with E-state index in [-0.39, 0.29) is 17.4 Å². The van der Waals surface area contributed by atoms with Crippen molar-refractivity contribution in [2.75, 3.05) is 32.6 Å². The van der Waals surface area contributed by atoms with Crippen molar-refractivity contribution in [1.82, 2.24) is 14.9 Å². The van der Waals surface area contributed by atoms with Crippen LogP contribution in [0.4, 0.5) is 11.5 Å². The number of methoxy groups -OCH3 is 1. The van der Waals surface area contributed by atoms with Gasteiger partial charge in [0.05, 0.1) is 12.0 Å². The molecule has 1 atom stereocenters. The zero-order valence-electron chi connectivity index (χ0n) is 12.3. The van der Waals surface area contributed by atoms with Crippen LogP contribution in [0.15, 0.2) is 6.33 Å². The van der Waals surface area contributed by atoms with Crippen LogP contribution in [0.5, 0.6) is 5.88 Å². The molecule has 0 radical (unpaired) electrons. The summed E-state index contributed by atoms with van der Waals surface area (Å²) >= 11 is 0. The molecule has 8 nitrogen and oxygen atoms in total. The number of rotatable bonds is 8. The minimum atomic E-state index is -0.542. The van der Waals surface area contributed by atoms with E-state index in [1.807, 2.05) is 7.05 Å². The number of aromatic nitrogens is 2. The monoisotopic (exact) mass is 283 g/mol. The van der Waals surface area contributed by atoms with E-state index in [9.17, 15) is 10.1 Å². The first-order valence-corrected chi connectivity index (χ1v) is 6.48. The van der Waals surface area contributed by atoms with Crippen molar-refractivity contribution >= 4 is 11.5 Å². The van der Waals surface area contributed by atoms with Crippen LogP contribution in [0.2, 0.25) is 0 Å². The minimum Gasteiger partial charge on any atom is -0.476 e. The fraction of sp³-hybridized carbons (Fsp3) is 0.667. The highest BCUT2D eigenvalue weighted by Crippen LogP contribution is 2.29. The third kappa shape index (κ3) is 4.02. The normalized spacial score (nSPS) is 12.2. The van der Waals surface area contributed by atoms with E-state index in [1.54, 1.807) is 0 Å². The minimum absolute atomic E-state index is 0.0391. The van der Waals surface area contributed by atoms with Crippen LogP contribution in [-0.4, -0.2) is 53.1 Å². The third-order valence-electron chi connectivity index (χ3n) is 3.26. The van der Waals surface area contributed by atoms with E-state index in [0.717, 1.165) is 13.0 Å². The molecule has 0 spiro atoms. The molecule has 1 rings (SSSR count). The van der Waals surface area contributed by atoms with Gasteiger partial charge in [0.15, 0.2) is 0 Å². The maximum Gasteiger partial charge on any atom is 0.372 e. The average molecular weight is 283 g/mol. The molecule has 0 aromatic carbocycles. The molecule has 0 fully saturated rings. The lowest BCUT2D eigenvalue weighted by molar-refractivity contribution is -0.385. The Morgan fingerprint density at radius 3 is 2.80 bits per heavy atom. The third-order valence-corrected chi connectivity index (χ3v) is 3.26. The zero-order valence-corrected chi connectivity index (χ0v) is 12.3. The van der Waals surface area contributed by atoms with E-state index in [4.69, 9.17) is 4.74 Å². The van der Waals surface area contributed by atoms with Gasteiger partial charge in [0, 0.05) is 19.1 Å². The Kier molecular flexibility index (Phi) is 6.10. The summed E-state index contributed by atoms with van der Waals surface area (Å²) in [7, 11) is 3.36. The second-order valence-corrected chi connectivity index (χ2v) is 4.50. The van der Waals surface area contributed by atoms with Gasteiger partial charge in [0.25, 0.3) is 5.88 Å². The molecule has 1 aromatic heterocycles. The molecule has 1 N–H and O–H groups in total. The SMILES string of the molecule is CCC(C)N(C)CCNc1ncnc(OC)c1[N+](=O)[O-]. The molecule has 0 saturated heterocycles. The van der Waals surface area contributed by atoms with Crippen LogP contribution in [0.25, 0.3) is 0 Å². The molecule has 1 aromatic rings. The fourth-order valence-corrected chi connectivity index (χ4v) is 1.69. The van der Waals surface area contributed by atoms with Crippen LogP contribution >= 0.6 is 0 Å².